The van der Waals surface area contributed by atoms with Crippen LogP contribution >= 0.6 is 0 Å². The average molecular weight is 750 g/mol. The van der Waals surface area contributed by atoms with E-state index in [1.165, 1.54) is 4.90 Å². The van der Waals surface area contributed by atoms with Crippen LogP contribution in [0.3, 0.4) is 0 Å². The topological polar surface area (TPSA) is 173 Å². The van der Waals surface area contributed by atoms with E-state index in [-0.39, 0.29) is 19.4 Å². The number of ether oxygens (including phenoxy) is 2. The van der Waals surface area contributed by atoms with Crippen molar-refractivity contribution >= 4 is 44.7 Å². The summed E-state index contributed by atoms with van der Waals surface area (Å²) in [5, 5.41) is 6.72. The lowest BCUT2D eigenvalue weighted by Gasteiger charge is -2.36. The second kappa shape index (κ2) is 13.3. The van der Waals surface area contributed by atoms with Gasteiger partial charge in [0.2, 0.25) is 21.8 Å². The predicted molar refractivity (Wildman–Crippen MR) is 197 cm³/mol. The Bertz CT molecular complexity index is 1990. The minimum atomic E-state index is -3.98. The molecule has 5 aliphatic rings. The van der Waals surface area contributed by atoms with Gasteiger partial charge in [-0.1, -0.05) is 43.2 Å². The van der Waals surface area contributed by atoms with Gasteiger partial charge < -0.3 is 25.0 Å². The zero-order chi connectivity index (χ0) is 38.0. The Kier molecular flexibility index (Phi) is 9.30. The molecule has 2 aliphatic carbocycles. The normalized spacial score (nSPS) is 30.4. The maximum absolute atomic E-state index is 14.7. The monoisotopic (exact) mass is 749 g/mol. The van der Waals surface area contributed by atoms with Crippen molar-refractivity contribution in [3.8, 4) is 5.75 Å². The highest BCUT2D eigenvalue weighted by molar-refractivity contribution is 7.91. The molecule has 286 valence electrons. The standard InChI is InChI=1S/C39H51N5O8S/c1-24-31-27(26-14-11-12-15-28(26)40-24)17-18-38(51-31)22-30-32(45)42-39(34(47)43-53(49,50)37(5)19-20-37)21-25(39)13-9-7-6-8-10-16-29(33(46)44(30)23-38)41-35(48)52-36(2,3)4/h9,11-15,25,29-30H,6-8,10,16-23H2,1-5H3,(H,41,48)(H,42,45)(H,43,47)/b13-9-/t25-,29-,30-,38-,39+/m0/s1. The number of pyridine rings is 1. The lowest BCUT2D eigenvalue weighted by Crippen LogP contribution is -2.58. The molecule has 1 aromatic carbocycles. The molecule has 1 spiro atoms. The molecule has 7 rings (SSSR count). The molecule has 3 fully saturated rings. The second-order valence-corrected chi connectivity index (χ2v) is 19.1. The molecule has 0 unspecified atom stereocenters. The number of sulfonamides is 1. The highest BCUT2D eigenvalue weighted by atomic mass is 32.2. The summed E-state index contributed by atoms with van der Waals surface area (Å²) in [5.41, 5.74) is -0.650. The number of alkyl carbamates (subject to hydrolysis) is 1. The van der Waals surface area contributed by atoms with E-state index in [1.54, 1.807) is 27.7 Å². The molecule has 1 saturated heterocycles. The van der Waals surface area contributed by atoms with Crippen molar-refractivity contribution in [2.24, 2.45) is 5.92 Å². The highest BCUT2D eigenvalue weighted by Gasteiger charge is 2.64. The molecule has 3 aliphatic heterocycles. The number of para-hydroxylation sites is 1. The zero-order valence-corrected chi connectivity index (χ0v) is 32.1. The van der Waals surface area contributed by atoms with Crippen LogP contribution in [-0.4, -0.2) is 82.2 Å². The van der Waals surface area contributed by atoms with Crippen molar-refractivity contribution in [3.05, 3.63) is 47.7 Å². The molecule has 2 saturated carbocycles. The number of hydrogen-bond acceptors (Lipinski definition) is 9. The first-order valence-corrected chi connectivity index (χ1v) is 20.4. The molecular formula is C39H51N5O8S. The summed E-state index contributed by atoms with van der Waals surface area (Å²) in [6, 6.07) is 5.82. The van der Waals surface area contributed by atoms with Crippen molar-refractivity contribution in [1.82, 2.24) is 25.2 Å². The summed E-state index contributed by atoms with van der Waals surface area (Å²) in [5.74, 6) is -1.58. The summed E-state index contributed by atoms with van der Waals surface area (Å²) in [4.78, 5) is 62.5. The fourth-order valence-corrected chi connectivity index (χ4v) is 9.40. The third kappa shape index (κ3) is 7.23. The quantitative estimate of drug-likeness (QED) is 0.381. The highest BCUT2D eigenvalue weighted by Crippen LogP contribution is 2.49. The minimum Gasteiger partial charge on any atom is -0.483 e. The molecule has 1 aromatic heterocycles. The largest absolute Gasteiger partial charge is 0.483 e. The van der Waals surface area contributed by atoms with Crippen LogP contribution in [0.5, 0.6) is 5.75 Å². The van der Waals surface area contributed by atoms with Crippen LogP contribution in [0.1, 0.15) is 103 Å². The first kappa shape index (κ1) is 37.1. The van der Waals surface area contributed by atoms with Gasteiger partial charge in [0.1, 0.15) is 34.6 Å². The van der Waals surface area contributed by atoms with E-state index < -0.39 is 73.3 Å². The van der Waals surface area contributed by atoms with E-state index >= 15 is 0 Å². The number of amides is 4. The van der Waals surface area contributed by atoms with Gasteiger partial charge in [0, 0.05) is 23.3 Å². The second-order valence-electron chi connectivity index (χ2n) is 16.9. The molecule has 0 radical (unpaired) electrons. The van der Waals surface area contributed by atoms with Crippen molar-refractivity contribution in [3.63, 3.8) is 0 Å². The Hall–Kier alpha value is -4.20. The van der Waals surface area contributed by atoms with Gasteiger partial charge in [-0.05, 0) is 92.1 Å². The molecule has 5 atom stereocenters. The van der Waals surface area contributed by atoms with Gasteiger partial charge in [0.25, 0.3) is 5.91 Å². The third-order valence-electron chi connectivity index (χ3n) is 11.6. The lowest BCUT2D eigenvalue weighted by atomic mass is 9.87. The number of rotatable bonds is 4. The molecule has 2 aromatic rings. The summed E-state index contributed by atoms with van der Waals surface area (Å²) in [6.07, 6.45) is 8.79. The van der Waals surface area contributed by atoms with E-state index in [4.69, 9.17) is 14.5 Å². The summed E-state index contributed by atoms with van der Waals surface area (Å²) < 4.78 is 40.0. The van der Waals surface area contributed by atoms with Crippen molar-refractivity contribution in [1.29, 1.82) is 0 Å². The maximum Gasteiger partial charge on any atom is 0.408 e. The Labute approximate surface area is 311 Å². The molecule has 4 amide bonds. The van der Waals surface area contributed by atoms with Crippen molar-refractivity contribution in [2.75, 3.05) is 6.54 Å². The summed E-state index contributed by atoms with van der Waals surface area (Å²) in [6.45, 7) is 8.79. The van der Waals surface area contributed by atoms with Gasteiger partial charge in [0.15, 0.2) is 0 Å². The van der Waals surface area contributed by atoms with Crippen LogP contribution in [0, 0.1) is 12.8 Å². The molecule has 13 nitrogen and oxygen atoms in total. The smallest absolute Gasteiger partial charge is 0.408 e. The molecule has 14 heteroatoms. The fourth-order valence-electron chi connectivity index (χ4n) is 8.09. The van der Waals surface area contributed by atoms with Gasteiger partial charge >= 0.3 is 6.09 Å². The number of carbonyl (C=O) groups is 4. The summed E-state index contributed by atoms with van der Waals surface area (Å²) in [7, 11) is -3.98. The van der Waals surface area contributed by atoms with Crippen LogP contribution in [-0.2, 0) is 35.6 Å². The SMILES string of the molecule is Cc1nc2ccccc2c2c1O[C@@]1(CC2)C[C@H]2C(=O)N[C@]3(C(=O)NS(=O)(=O)C4(C)CC4)C[C@@H]3/C=C\CCCCC[C@H](NC(=O)OC(C)(C)C)C(=O)N2C1. The third-order valence-corrected chi connectivity index (χ3v) is 13.7. The number of allylic oxidation sites excluding steroid dienone is 1. The van der Waals surface area contributed by atoms with Crippen molar-refractivity contribution in [2.45, 2.75) is 139 Å². The van der Waals surface area contributed by atoms with Crippen LogP contribution in [0.2, 0.25) is 0 Å². The lowest BCUT2D eigenvalue weighted by molar-refractivity contribution is -0.141. The molecular weight excluding hydrogens is 699 g/mol. The van der Waals surface area contributed by atoms with E-state index in [9.17, 15) is 27.6 Å². The zero-order valence-electron chi connectivity index (χ0n) is 31.3. The Morgan fingerprint density at radius 1 is 1.08 bits per heavy atom. The number of carbonyl (C=O) groups excluding carboxylic acids is 4. The van der Waals surface area contributed by atoms with Gasteiger partial charge in [-0.25, -0.2) is 18.2 Å². The van der Waals surface area contributed by atoms with E-state index in [0.29, 0.717) is 56.4 Å². The Morgan fingerprint density at radius 3 is 2.57 bits per heavy atom. The first-order chi connectivity index (χ1) is 24.9. The first-order valence-electron chi connectivity index (χ1n) is 18.9. The van der Waals surface area contributed by atoms with Crippen LogP contribution in [0.15, 0.2) is 36.4 Å². The number of aryl methyl sites for hydroxylation is 2. The average Bonchev–Trinajstić information content (AvgIpc) is 3.97. The number of aromatic nitrogens is 1. The van der Waals surface area contributed by atoms with E-state index in [1.807, 2.05) is 43.3 Å². The Balaban J connectivity index is 1.23. The number of fused-ring (bicyclic) bond motifs is 5. The van der Waals surface area contributed by atoms with Gasteiger partial charge in [0.05, 0.1) is 22.5 Å². The molecule has 0 bridgehead atoms. The van der Waals surface area contributed by atoms with Crippen LogP contribution in [0.25, 0.3) is 10.9 Å². The molecule has 3 N–H and O–H groups in total. The number of nitrogens with zero attached hydrogens (tertiary/aromatic N) is 2. The van der Waals surface area contributed by atoms with Crippen molar-refractivity contribution < 1.29 is 37.1 Å². The van der Waals surface area contributed by atoms with Gasteiger partial charge in [-0.15, -0.1) is 0 Å². The van der Waals surface area contributed by atoms with Gasteiger partial charge in [-0.2, -0.15) is 0 Å². The van der Waals surface area contributed by atoms with E-state index in [2.05, 4.69) is 15.4 Å². The predicted octanol–water partition coefficient (Wildman–Crippen LogP) is 4.49. The Morgan fingerprint density at radius 2 is 1.83 bits per heavy atom. The van der Waals surface area contributed by atoms with Gasteiger partial charge in [-0.3, -0.25) is 19.1 Å². The molecule has 53 heavy (non-hydrogen) atoms. The number of hydrogen-bond donors (Lipinski definition) is 3. The summed E-state index contributed by atoms with van der Waals surface area (Å²) >= 11 is 0. The maximum atomic E-state index is 14.7. The number of nitrogens with one attached hydrogen (secondary N) is 3. The van der Waals surface area contributed by atoms with Crippen LogP contribution in [0.4, 0.5) is 4.79 Å². The number of benzene rings is 1. The van der Waals surface area contributed by atoms with Crippen LogP contribution < -0.4 is 20.1 Å². The minimum absolute atomic E-state index is 0.0669. The van der Waals surface area contributed by atoms with E-state index in [0.717, 1.165) is 29.3 Å². The fraction of sp³-hybridized carbons (Fsp3) is 0.615. The molecule has 4 heterocycles.